The summed E-state index contributed by atoms with van der Waals surface area (Å²) in [5.41, 5.74) is 1.05. The van der Waals surface area contributed by atoms with Gasteiger partial charge in [0.15, 0.2) is 0 Å². The molecule has 0 saturated heterocycles. The first kappa shape index (κ1) is 15.7. The quantitative estimate of drug-likeness (QED) is 0.795. The van der Waals surface area contributed by atoms with Crippen molar-refractivity contribution in [3.63, 3.8) is 0 Å². The Morgan fingerprint density at radius 1 is 1.29 bits per heavy atom. The molecule has 0 atom stereocenters. The number of ether oxygens (including phenoxy) is 1. The minimum atomic E-state index is -4.49. The molecule has 0 N–H and O–H groups in total. The maximum absolute atomic E-state index is 13.0. The van der Waals surface area contributed by atoms with Crippen molar-refractivity contribution in [3.8, 4) is 5.75 Å². The van der Waals surface area contributed by atoms with Crippen molar-refractivity contribution >= 4 is 11.6 Å². The number of benzene rings is 1. The Balaban J connectivity index is 2.25. The Bertz CT molecular complexity index is 638. The van der Waals surface area contributed by atoms with E-state index in [0.717, 1.165) is 11.8 Å². The third kappa shape index (κ3) is 3.69. The number of nitrogens with zero attached hydrogens (tertiary/aromatic N) is 2. The van der Waals surface area contributed by atoms with E-state index in [1.54, 1.807) is 24.7 Å². The van der Waals surface area contributed by atoms with Gasteiger partial charge in [0.2, 0.25) is 0 Å². The number of halogens is 4. The van der Waals surface area contributed by atoms with Crippen LogP contribution < -0.4 is 4.74 Å². The van der Waals surface area contributed by atoms with E-state index in [1.165, 1.54) is 12.1 Å². The molecule has 0 aliphatic rings. The lowest BCUT2D eigenvalue weighted by molar-refractivity contribution is -0.139. The van der Waals surface area contributed by atoms with Gasteiger partial charge in [-0.25, -0.2) is 0 Å². The molecule has 7 heteroatoms. The molecule has 0 radical (unpaired) electrons. The average Bonchev–Trinajstić information content (AvgIpc) is 2.73. The lowest BCUT2D eigenvalue weighted by Crippen LogP contribution is -2.10. The number of rotatable bonds is 4. The van der Waals surface area contributed by atoms with Crippen LogP contribution in [0.2, 0.25) is 0 Å². The van der Waals surface area contributed by atoms with Gasteiger partial charge < -0.3 is 4.74 Å². The summed E-state index contributed by atoms with van der Waals surface area (Å²) in [5, 5.41) is 4.12. The molecule has 3 nitrogen and oxygen atoms in total. The van der Waals surface area contributed by atoms with E-state index in [1.807, 2.05) is 0 Å². The predicted molar refractivity (Wildman–Crippen MR) is 73.3 cm³/mol. The van der Waals surface area contributed by atoms with Crippen LogP contribution in [0.15, 0.2) is 24.3 Å². The Morgan fingerprint density at radius 3 is 2.52 bits per heavy atom. The second-order valence-corrected chi connectivity index (χ2v) is 4.92. The fourth-order valence-electron chi connectivity index (χ4n) is 1.96. The van der Waals surface area contributed by atoms with Gasteiger partial charge in [0.25, 0.3) is 0 Å². The van der Waals surface area contributed by atoms with Crippen LogP contribution in [0.5, 0.6) is 5.75 Å². The smallest absolute Gasteiger partial charge is 0.419 e. The molecule has 114 valence electrons. The third-order valence-electron chi connectivity index (χ3n) is 2.98. The van der Waals surface area contributed by atoms with Crippen molar-refractivity contribution < 1.29 is 17.9 Å². The molecule has 2 rings (SSSR count). The minimum absolute atomic E-state index is 0.0145. The van der Waals surface area contributed by atoms with E-state index in [-0.39, 0.29) is 18.2 Å². The second-order valence-electron chi connectivity index (χ2n) is 4.65. The summed E-state index contributed by atoms with van der Waals surface area (Å²) in [7, 11) is 1.72. The fraction of sp³-hybridized carbons (Fsp3) is 0.357. The maximum atomic E-state index is 13.0. The highest BCUT2D eigenvalue weighted by Crippen LogP contribution is 2.37. The van der Waals surface area contributed by atoms with E-state index in [4.69, 9.17) is 16.3 Å². The number of aryl methyl sites for hydroxylation is 2. The number of alkyl halides is 4. The van der Waals surface area contributed by atoms with Gasteiger partial charge in [-0.2, -0.15) is 18.3 Å². The van der Waals surface area contributed by atoms with E-state index in [0.29, 0.717) is 11.3 Å². The average molecular weight is 319 g/mol. The molecule has 0 unspecified atom stereocenters. The first-order chi connectivity index (χ1) is 9.81. The molecular weight excluding hydrogens is 305 g/mol. The molecule has 0 aliphatic carbocycles. The van der Waals surface area contributed by atoms with Gasteiger partial charge in [0.1, 0.15) is 12.4 Å². The molecule has 1 heterocycles. The molecule has 0 aliphatic heterocycles. The number of aromatic nitrogens is 2. The number of hydrogen-bond donors (Lipinski definition) is 0. The van der Waals surface area contributed by atoms with E-state index in [2.05, 4.69) is 5.10 Å². The van der Waals surface area contributed by atoms with Gasteiger partial charge >= 0.3 is 6.18 Å². The van der Waals surface area contributed by atoms with Crippen molar-refractivity contribution in [3.05, 3.63) is 46.8 Å². The minimum Gasteiger partial charge on any atom is -0.487 e. The van der Waals surface area contributed by atoms with Crippen LogP contribution in [0.25, 0.3) is 0 Å². The summed E-state index contributed by atoms with van der Waals surface area (Å²) in [5.74, 6) is -0.195. The Morgan fingerprint density at radius 2 is 2.00 bits per heavy atom. The van der Waals surface area contributed by atoms with Crippen molar-refractivity contribution in [2.75, 3.05) is 0 Å². The van der Waals surface area contributed by atoms with Crippen LogP contribution in [0.4, 0.5) is 13.2 Å². The molecule has 2 aromatic rings. The molecular formula is C14H14ClF3N2O. The molecule has 0 spiro atoms. The summed E-state index contributed by atoms with van der Waals surface area (Å²) in [6.45, 7) is 1.82. The Labute approximate surface area is 125 Å². The van der Waals surface area contributed by atoms with Crippen molar-refractivity contribution in [1.29, 1.82) is 0 Å². The normalized spacial score (nSPS) is 11.7. The molecule has 0 amide bonds. The van der Waals surface area contributed by atoms with Crippen LogP contribution in [0.3, 0.4) is 0 Å². The highest BCUT2D eigenvalue weighted by Gasteiger charge is 2.34. The van der Waals surface area contributed by atoms with Gasteiger partial charge in [-0.15, -0.1) is 11.6 Å². The lowest BCUT2D eigenvalue weighted by Gasteiger charge is -2.15. The van der Waals surface area contributed by atoms with Crippen LogP contribution in [-0.4, -0.2) is 9.78 Å². The Hall–Kier alpha value is -1.69. The van der Waals surface area contributed by atoms with Crippen LogP contribution in [0, 0.1) is 6.92 Å². The van der Waals surface area contributed by atoms with Crippen molar-refractivity contribution in [1.82, 2.24) is 9.78 Å². The first-order valence-corrected chi connectivity index (χ1v) is 6.73. The van der Waals surface area contributed by atoms with E-state index < -0.39 is 11.7 Å². The van der Waals surface area contributed by atoms with Crippen LogP contribution in [0.1, 0.15) is 22.5 Å². The SMILES string of the molecule is Cc1cc(COc2ccc(CCl)cc2C(F)(F)F)n(C)n1. The molecule has 1 aromatic heterocycles. The topological polar surface area (TPSA) is 27.1 Å². The highest BCUT2D eigenvalue weighted by atomic mass is 35.5. The fourth-order valence-corrected chi connectivity index (χ4v) is 2.12. The lowest BCUT2D eigenvalue weighted by atomic mass is 10.1. The second kappa shape index (κ2) is 5.97. The summed E-state index contributed by atoms with van der Waals surface area (Å²) >= 11 is 5.58. The number of hydrogen-bond acceptors (Lipinski definition) is 2. The third-order valence-corrected chi connectivity index (χ3v) is 3.29. The van der Waals surface area contributed by atoms with Gasteiger partial charge in [0.05, 0.1) is 17.0 Å². The van der Waals surface area contributed by atoms with E-state index in [9.17, 15) is 13.2 Å². The van der Waals surface area contributed by atoms with Crippen LogP contribution >= 0.6 is 11.6 Å². The monoisotopic (exact) mass is 318 g/mol. The molecule has 21 heavy (non-hydrogen) atoms. The van der Waals surface area contributed by atoms with Gasteiger partial charge in [-0.05, 0) is 30.7 Å². The van der Waals surface area contributed by atoms with Gasteiger partial charge in [-0.1, -0.05) is 6.07 Å². The highest BCUT2D eigenvalue weighted by molar-refractivity contribution is 6.17. The molecule has 1 aromatic carbocycles. The zero-order valence-corrected chi connectivity index (χ0v) is 12.3. The predicted octanol–water partition coefficient (Wildman–Crippen LogP) is 4.07. The maximum Gasteiger partial charge on any atom is 0.419 e. The summed E-state index contributed by atoms with van der Waals surface area (Å²) in [6, 6.07) is 5.59. The molecule has 0 bridgehead atoms. The Kier molecular flexibility index (Phi) is 4.46. The van der Waals surface area contributed by atoms with Crippen molar-refractivity contribution in [2.24, 2.45) is 7.05 Å². The molecule has 0 fully saturated rings. The summed E-state index contributed by atoms with van der Waals surface area (Å²) in [6.07, 6.45) is -4.49. The van der Waals surface area contributed by atoms with Gasteiger partial charge in [0, 0.05) is 12.9 Å². The zero-order valence-electron chi connectivity index (χ0n) is 11.5. The molecule has 0 saturated carbocycles. The van der Waals surface area contributed by atoms with Crippen molar-refractivity contribution in [2.45, 2.75) is 25.6 Å². The summed E-state index contributed by atoms with van der Waals surface area (Å²) < 4.78 is 46.0. The van der Waals surface area contributed by atoms with Crippen LogP contribution in [-0.2, 0) is 25.7 Å². The first-order valence-electron chi connectivity index (χ1n) is 6.19. The van der Waals surface area contributed by atoms with E-state index >= 15 is 0 Å². The largest absolute Gasteiger partial charge is 0.487 e. The summed E-state index contributed by atoms with van der Waals surface area (Å²) in [4.78, 5) is 0. The zero-order chi connectivity index (χ0) is 15.6. The standard InChI is InChI=1S/C14H14ClF3N2O/c1-9-5-11(20(2)19-9)8-21-13-4-3-10(7-15)6-12(13)14(16,17)18/h3-6H,7-8H2,1-2H3. The van der Waals surface area contributed by atoms with Gasteiger partial charge in [-0.3, -0.25) is 4.68 Å².